The summed E-state index contributed by atoms with van der Waals surface area (Å²) in [7, 11) is 0. The largest absolute Gasteiger partial charge is 2.00 e. The molecule has 0 fully saturated rings. The zero-order valence-electron chi connectivity index (χ0n) is 31.0. The smallest absolute Gasteiger partial charge is 0.352 e. The fraction of sp³-hybridized carbons (Fsp3) is 0. The van der Waals surface area contributed by atoms with E-state index in [0.29, 0.717) is 5.95 Å². The van der Waals surface area contributed by atoms with Crippen LogP contribution < -0.4 is 9.80 Å². The number of para-hydroxylation sites is 2. The van der Waals surface area contributed by atoms with Gasteiger partial charge in [-0.15, -0.1) is 83.9 Å². The fourth-order valence-electron chi connectivity index (χ4n) is 7.14. The summed E-state index contributed by atoms with van der Waals surface area (Å²) in [6.45, 7) is 0. The van der Waals surface area contributed by atoms with Crippen LogP contribution in [-0.2, 0) is 41.5 Å². The molecule has 0 bridgehead atoms. The van der Waals surface area contributed by atoms with Crippen molar-refractivity contribution < 1.29 is 41.5 Å². The predicted molar refractivity (Wildman–Crippen MR) is 225 cm³/mol. The van der Waals surface area contributed by atoms with Crippen LogP contribution in [0.4, 0.5) is 34.1 Å². The first-order valence-electron chi connectivity index (χ1n) is 18.4. The number of rotatable bonds is 9. The summed E-state index contributed by atoms with van der Waals surface area (Å²) in [5.74, 6) is 0.455. The number of aromatic nitrogens is 6. The van der Waals surface area contributed by atoms with Gasteiger partial charge in [0, 0.05) is 23.8 Å². The average Bonchev–Trinajstić information content (AvgIpc) is 3.61. The minimum absolute atomic E-state index is 0. The minimum atomic E-state index is 0. The second-order valence-corrected chi connectivity index (χ2v) is 13.2. The first-order valence-corrected chi connectivity index (χ1v) is 18.4. The van der Waals surface area contributed by atoms with Gasteiger partial charge in [-0.3, -0.25) is 0 Å². The second kappa shape index (κ2) is 17.5. The first kappa shape index (κ1) is 39.2. The molecule has 0 atom stereocenters. The van der Waals surface area contributed by atoms with Crippen molar-refractivity contribution in [3.63, 3.8) is 0 Å². The molecule has 8 nitrogen and oxygen atoms in total. The Bertz CT molecular complexity index is 2790. The summed E-state index contributed by atoms with van der Waals surface area (Å²) < 4.78 is 2.01. The van der Waals surface area contributed by atoms with E-state index in [9.17, 15) is 0 Å². The molecule has 10 aromatic rings. The number of benzene rings is 6. The number of hydrogen-bond acceptors (Lipinski definition) is 7. The maximum atomic E-state index is 4.64. The number of pyridine rings is 2. The third-order valence-corrected chi connectivity index (χ3v) is 9.67. The third kappa shape index (κ3) is 7.72. The van der Waals surface area contributed by atoms with Gasteiger partial charge in [0.05, 0.1) is 0 Å². The Morgan fingerprint density at radius 1 is 0.407 bits per heavy atom. The summed E-state index contributed by atoms with van der Waals surface area (Å²) in [5.41, 5.74) is 10.3. The summed E-state index contributed by atoms with van der Waals surface area (Å²) in [5, 5.41) is 1.96. The van der Waals surface area contributed by atoms with Crippen molar-refractivity contribution in [1.29, 1.82) is 0 Å². The molecule has 0 spiro atoms. The van der Waals surface area contributed by atoms with E-state index in [1.54, 1.807) is 12.4 Å². The van der Waals surface area contributed by atoms with Crippen LogP contribution >= 0.6 is 0 Å². The number of fused-ring (bicyclic) bond motifs is 3. The van der Waals surface area contributed by atoms with Crippen LogP contribution in [0.3, 0.4) is 0 Å². The second-order valence-electron chi connectivity index (χ2n) is 13.2. The van der Waals surface area contributed by atoms with Crippen LogP contribution in [0.5, 0.6) is 0 Å². The Labute approximate surface area is 369 Å². The van der Waals surface area contributed by atoms with Gasteiger partial charge in [0.1, 0.15) is 12.7 Å². The van der Waals surface area contributed by atoms with Crippen LogP contribution in [0, 0.1) is 24.3 Å². The van der Waals surface area contributed by atoms with Gasteiger partial charge in [-0.2, -0.15) is 22.9 Å². The van der Waals surface area contributed by atoms with E-state index in [0.717, 1.165) is 78.4 Å². The van der Waals surface area contributed by atoms with Gasteiger partial charge >= 0.3 is 41.5 Å². The Balaban J connectivity index is 0.00000242. The van der Waals surface area contributed by atoms with Gasteiger partial charge in [0.2, 0.25) is 5.95 Å². The quantitative estimate of drug-likeness (QED) is 0.105. The summed E-state index contributed by atoms with van der Waals surface area (Å²) in [6.07, 6.45) is 6.62. The molecule has 10 rings (SSSR count). The summed E-state index contributed by atoms with van der Waals surface area (Å²) in [6, 6.07) is 67.8. The molecule has 6 aromatic carbocycles. The van der Waals surface area contributed by atoms with Crippen molar-refractivity contribution in [1.82, 2.24) is 29.5 Å². The van der Waals surface area contributed by atoms with Crippen molar-refractivity contribution in [3.8, 4) is 28.5 Å². The van der Waals surface area contributed by atoms with Crippen molar-refractivity contribution in [2.45, 2.75) is 0 Å². The molecule has 59 heavy (non-hydrogen) atoms. The molecule has 0 radical (unpaired) electrons. The van der Waals surface area contributed by atoms with Crippen LogP contribution in [0.15, 0.2) is 183 Å². The Morgan fingerprint density at radius 2 is 0.847 bits per heavy atom. The number of anilines is 6. The molecule has 0 unspecified atom stereocenters. The van der Waals surface area contributed by atoms with Crippen LogP contribution in [-0.4, -0.2) is 29.5 Å². The molecular weight excluding hydrogens is 1000 g/mol. The fourth-order valence-corrected chi connectivity index (χ4v) is 7.14. The van der Waals surface area contributed by atoms with Gasteiger partial charge < -0.3 is 24.3 Å². The summed E-state index contributed by atoms with van der Waals surface area (Å²) in [4.78, 5) is 26.9. The van der Waals surface area contributed by atoms with E-state index in [-0.39, 0.29) is 41.5 Å². The molecule has 0 aliphatic carbocycles. The standard InChI is InChI=1S/C49H30N8.Pd.Pt/c1-3-15-37(16-4-1)55(39-19-11-13-35(29-39)45-21-7-9-27-51-45)41-23-25-43-44-26-24-42(32-48(44)57(47(43)31-41)49-53-33-50-34-54-49)56(38-17-5-2-6-18-38)40-20-12-14-36(30-40)46-22-8-10-28-52-46;;/h1-28,33-34H;;/q-4;2*+2. The zero-order chi connectivity index (χ0) is 38.0. The van der Waals surface area contributed by atoms with E-state index in [1.807, 2.05) is 102 Å². The molecule has 0 amide bonds. The Morgan fingerprint density at radius 3 is 1.29 bits per heavy atom. The Kier molecular flexibility index (Phi) is 11.6. The predicted octanol–water partition coefficient (Wildman–Crippen LogP) is 11.2. The van der Waals surface area contributed by atoms with E-state index in [1.165, 1.54) is 12.7 Å². The number of nitrogens with zero attached hydrogens (tertiary/aromatic N) is 8. The third-order valence-electron chi connectivity index (χ3n) is 9.67. The van der Waals surface area contributed by atoms with Crippen LogP contribution in [0.2, 0.25) is 0 Å². The average molecular weight is 1030 g/mol. The van der Waals surface area contributed by atoms with E-state index < -0.39 is 0 Å². The Hall–Kier alpha value is -6.62. The molecule has 0 aliphatic heterocycles. The molecule has 4 aromatic heterocycles. The van der Waals surface area contributed by atoms with Crippen molar-refractivity contribution in [2.75, 3.05) is 9.80 Å². The molecule has 286 valence electrons. The van der Waals surface area contributed by atoms with Crippen LogP contribution in [0.25, 0.3) is 50.3 Å². The van der Waals surface area contributed by atoms with Crippen molar-refractivity contribution in [2.24, 2.45) is 0 Å². The van der Waals surface area contributed by atoms with Crippen LogP contribution in [0.1, 0.15) is 0 Å². The molecule has 0 aliphatic rings. The van der Waals surface area contributed by atoms with Crippen molar-refractivity contribution in [3.05, 3.63) is 207 Å². The maximum absolute atomic E-state index is 4.64. The van der Waals surface area contributed by atoms with E-state index >= 15 is 0 Å². The van der Waals surface area contributed by atoms with Gasteiger partial charge in [-0.25, -0.2) is 15.0 Å². The van der Waals surface area contributed by atoms with Crippen molar-refractivity contribution >= 4 is 55.9 Å². The molecular formula is C49H30N8PdPt. The molecule has 10 heteroatoms. The molecule has 0 N–H and O–H groups in total. The topological polar surface area (TPSA) is 75.9 Å². The minimum Gasteiger partial charge on any atom is -0.352 e. The van der Waals surface area contributed by atoms with Gasteiger partial charge in [-0.1, -0.05) is 83.1 Å². The normalized spacial score (nSPS) is 10.8. The van der Waals surface area contributed by atoms with Gasteiger partial charge in [0.15, 0.2) is 0 Å². The monoisotopic (exact) mass is 1030 g/mol. The van der Waals surface area contributed by atoms with Gasteiger partial charge in [0.25, 0.3) is 0 Å². The molecule has 4 heterocycles. The molecule has 0 saturated carbocycles. The molecule has 0 saturated heterocycles. The SMILES string of the molecule is [Pd+2].[Pt+2].[c-]1c(-c2ccccn2)cccc1N(c1[c-]c2c(cc1)c1ccc(N(c3[c-]c(-c4ccccn4)ccc3)c3ccccc3)[c-]c1n2-c1ncncn1)c1ccccc1. The maximum Gasteiger partial charge on any atom is 2.00 e. The number of hydrogen-bond donors (Lipinski definition) is 0. The van der Waals surface area contributed by atoms with Gasteiger partial charge in [-0.05, 0) is 59.2 Å². The summed E-state index contributed by atoms with van der Waals surface area (Å²) >= 11 is 0. The van der Waals surface area contributed by atoms with E-state index in [4.69, 9.17) is 0 Å². The van der Waals surface area contributed by atoms with E-state index in [2.05, 4.69) is 120 Å². The zero-order valence-corrected chi connectivity index (χ0v) is 34.9. The first-order chi connectivity index (χ1) is 28.3.